The summed E-state index contributed by atoms with van der Waals surface area (Å²) in [7, 11) is -1.23. The lowest BCUT2D eigenvalue weighted by atomic mass is 10.3. The van der Waals surface area contributed by atoms with E-state index in [1.165, 1.54) is 6.26 Å². The van der Waals surface area contributed by atoms with Gasteiger partial charge < -0.3 is 5.73 Å². The second-order valence-corrected chi connectivity index (χ2v) is 6.61. The Morgan fingerprint density at radius 3 is 2.61 bits per heavy atom. The van der Waals surface area contributed by atoms with E-state index in [1.807, 2.05) is 6.92 Å². The number of imidazole rings is 1. The van der Waals surface area contributed by atoms with Gasteiger partial charge in [-0.05, 0) is 6.42 Å². The molecule has 2 aromatic heterocycles. The Balaban J connectivity index is 2.50. The van der Waals surface area contributed by atoms with Gasteiger partial charge in [0.15, 0.2) is 5.65 Å². The van der Waals surface area contributed by atoms with E-state index in [9.17, 15) is 8.42 Å². The number of hydrogen-bond acceptors (Lipinski definition) is 5. The number of anilines is 1. The quantitative estimate of drug-likeness (QED) is 0.841. The first-order chi connectivity index (χ1) is 8.33. The van der Waals surface area contributed by atoms with Gasteiger partial charge >= 0.3 is 0 Å². The Bertz CT molecular complexity index is 683. The van der Waals surface area contributed by atoms with Crippen LogP contribution < -0.4 is 5.73 Å². The minimum atomic E-state index is -3.03. The molecule has 0 spiro atoms. The Morgan fingerprint density at radius 1 is 1.39 bits per heavy atom. The fourth-order valence-electron chi connectivity index (χ4n) is 1.97. The minimum absolute atomic E-state index is 0.0370. The number of aryl methyl sites for hydroxylation is 3. The molecule has 0 atom stereocenters. The van der Waals surface area contributed by atoms with Gasteiger partial charge in [-0.15, -0.1) is 0 Å². The van der Waals surface area contributed by atoms with Crippen molar-refractivity contribution in [1.82, 2.24) is 19.3 Å². The molecule has 2 heterocycles. The molecule has 2 rings (SSSR count). The highest BCUT2D eigenvalue weighted by molar-refractivity contribution is 7.90. The summed E-state index contributed by atoms with van der Waals surface area (Å²) in [6, 6.07) is 0. The number of fused-ring (bicyclic) bond motifs is 1. The molecule has 2 N–H and O–H groups in total. The van der Waals surface area contributed by atoms with Crippen LogP contribution in [0.15, 0.2) is 0 Å². The number of sulfone groups is 1. The summed E-state index contributed by atoms with van der Waals surface area (Å²) >= 11 is 0. The lowest BCUT2D eigenvalue weighted by molar-refractivity contribution is 0.595. The van der Waals surface area contributed by atoms with Crippen LogP contribution in [-0.4, -0.2) is 39.8 Å². The van der Waals surface area contributed by atoms with Crippen LogP contribution in [0.4, 0.5) is 5.95 Å². The first-order valence-electron chi connectivity index (χ1n) is 5.68. The van der Waals surface area contributed by atoms with Crippen LogP contribution in [0, 0.1) is 0 Å². The van der Waals surface area contributed by atoms with E-state index in [2.05, 4.69) is 10.1 Å². The third-order valence-corrected chi connectivity index (χ3v) is 3.77. The molecule has 0 saturated carbocycles. The summed E-state index contributed by atoms with van der Waals surface area (Å²) in [4.78, 5) is 4.27. The van der Waals surface area contributed by atoms with Crippen molar-refractivity contribution in [2.45, 2.75) is 19.9 Å². The van der Waals surface area contributed by atoms with Crippen LogP contribution in [-0.2, 0) is 29.9 Å². The molecule has 0 aromatic carbocycles. The molecule has 0 aliphatic carbocycles. The molecule has 0 bridgehead atoms. The van der Waals surface area contributed by atoms with Gasteiger partial charge in [-0.25, -0.2) is 13.4 Å². The average Bonchev–Trinajstić information content (AvgIpc) is 2.72. The predicted octanol–water partition coefficient (Wildman–Crippen LogP) is -0.0410. The van der Waals surface area contributed by atoms with E-state index >= 15 is 0 Å². The second-order valence-electron chi connectivity index (χ2n) is 4.35. The number of rotatable bonds is 4. The van der Waals surface area contributed by atoms with E-state index < -0.39 is 9.84 Å². The average molecular weight is 271 g/mol. The van der Waals surface area contributed by atoms with Gasteiger partial charge in [-0.3, -0.25) is 9.25 Å². The van der Waals surface area contributed by atoms with Crippen LogP contribution in [0.5, 0.6) is 0 Å². The largest absolute Gasteiger partial charge is 0.369 e. The Hall–Kier alpha value is -1.57. The molecular weight excluding hydrogens is 254 g/mol. The van der Waals surface area contributed by atoms with Gasteiger partial charge in [-0.2, -0.15) is 5.10 Å². The van der Waals surface area contributed by atoms with Crippen LogP contribution in [0.25, 0.3) is 11.2 Å². The Morgan fingerprint density at radius 2 is 2.06 bits per heavy atom. The molecule has 0 aliphatic rings. The molecule has 0 fully saturated rings. The van der Waals surface area contributed by atoms with Crippen LogP contribution in [0.1, 0.15) is 12.6 Å². The van der Waals surface area contributed by atoms with Gasteiger partial charge in [0.05, 0.1) is 11.4 Å². The molecule has 18 heavy (non-hydrogen) atoms. The van der Waals surface area contributed by atoms with Gasteiger partial charge in [0.25, 0.3) is 0 Å². The van der Waals surface area contributed by atoms with Crippen molar-refractivity contribution < 1.29 is 8.42 Å². The highest BCUT2D eigenvalue weighted by Crippen LogP contribution is 2.21. The maximum absolute atomic E-state index is 11.2. The molecule has 0 saturated heterocycles. The molecule has 8 heteroatoms. The van der Waals surface area contributed by atoms with Gasteiger partial charge in [0.2, 0.25) is 5.95 Å². The summed E-state index contributed by atoms with van der Waals surface area (Å²) in [5, 5.41) is 4.34. The summed E-state index contributed by atoms with van der Waals surface area (Å²) in [5.41, 5.74) is 8.23. The Kier molecular flexibility index (Phi) is 3.05. The van der Waals surface area contributed by atoms with Crippen molar-refractivity contribution in [2.24, 2.45) is 7.05 Å². The summed E-state index contributed by atoms with van der Waals surface area (Å²) in [6.45, 7) is 2.29. The second kappa shape index (κ2) is 4.27. The smallest absolute Gasteiger partial charge is 0.202 e. The molecule has 100 valence electrons. The number of aromatic nitrogens is 4. The summed E-state index contributed by atoms with van der Waals surface area (Å²) < 4.78 is 25.8. The molecule has 0 aliphatic heterocycles. The summed E-state index contributed by atoms with van der Waals surface area (Å²) in [5.74, 6) is 0.367. The first-order valence-corrected chi connectivity index (χ1v) is 7.75. The fraction of sp³-hybridized carbons (Fsp3) is 0.600. The monoisotopic (exact) mass is 271 g/mol. The predicted molar refractivity (Wildman–Crippen MR) is 70.0 cm³/mol. The third kappa shape index (κ3) is 2.20. The summed E-state index contributed by atoms with van der Waals surface area (Å²) in [6.07, 6.45) is 1.97. The van der Waals surface area contributed by atoms with Crippen molar-refractivity contribution in [2.75, 3.05) is 17.7 Å². The maximum atomic E-state index is 11.2. The molecule has 0 amide bonds. The number of hydrogen-bond donors (Lipinski definition) is 1. The standard InChI is InChI=1S/C10H17N5O2S/c1-4-7-8-9(14(2)13-7)15(10(11)12-8)5-6-18(3,16)17/h4-6H2,1-3H3,(H2,11,12). The topological polar surface area (TPSA) is 95.8 Å². The highest BCUT2D eigenvalue weighted by atomic mass is 32.2. The fourth-order valence-corrected chi connectivity index (χ4v) is 2.49. The van der Waals surface area contributed by atoms with Crippen LogP contribution in [0.2, 0.25) is 0 Å². The van der Waals surface area contributed by atoms with E-state index in [0.29, 0.717) is 12.5 Å². The minimum Gasteiger partial charge on any atom is -0.369 e. The van der Waals surface area contributed by atoms with Gasteiger partial charge in [0, 0.05) is 19.8 Å². The van der Waals surface area contributed by atoms with Crippen LogP contribution in [0.3, 0.4) is 0 Å². The lowest BCUT2D eigenvalue weighted by Crippen LogP contribution is -2.14. The van der Waals surface area contributed by atoms with Crippen molar-refractivity contribution in [1.29, 1.82) is 0 Å². The zero-order chi connectivity index (χ0) is 13.5. The van der Waals surface area contributed by atoms with E-state index in [0.717, 1.165) is 23.3 Å². The van der Waals surface area contributed by atoms with Gasteiger partial charge in [-0.1, -0.05) is 6.92 Å². The number of nitrogens with zero attached hydrogens (tertiary/aromatic N) is 4. The lowest BCUT2D eigenvalue weighted by Gasteiger charge is -2.05. The van der Waals surface area contributed by atoms with E-state index in [4.69, 9.17) is 5.73 Å². The normalized spacial score (nSPS) is 12.4. The van der Waals surface area contributed by atoms with Crippen molar-refractivity contribution in [3.05, 3.63) is 5.69 Å². The zero-order valence-corrected chi connectivity index (χ0v) is 11.5. The maximum Gasteiger partial charge on any atom is 0.202 e. The zero-order valence-electron chi connectivity index (χ0n) is 10.7. The van der Waals surface area contributed by atoms with E-state index in [-0.39, 0.29) is 5.75 Å². The molecule has 0 unspecified atom stereocenters. The first kappa shape index (κ1) is 12.9. The van der Waals surface area contributed by atoms with Crippen molar-refractivity contribution >= 4 is 26.9 Å². The Labute approximate surface area is 106 Å². The van der Waals surface area contributed by atoms with Gasteiger partial charge in [0.1, 0.15) is 15.4 Å². The molecular formula is C10H17N5O2S. The third-order valence-electron chi connectivity index (χ3n) is 2.84. The number of nitrogens with two attached hydrogens (primary N) is 1. The molecule has 7 nitrogen and oxygen atoms in total. The molecule has 0 radical (unpaired) electrons. The SMILES string of the molecule is CCc1nn(C)c2c1nc(N)n2CCS(C)(=O)=O. The van der Waals surface area contributed by atoms with E-state index in [1.54, 1.807) is 16.3 Å². The molecule has 2 aromatic rings. The highest BCUT2D eigenvalue weighted by Gasteiger charge is 2.17. The van der Waals surface area contributed by atoms with Crippen molar-refractivity contribution in [3.8, 4) is 0 Å². The number of nitrogen functional groups attached to an aromatic ring is 1. The van der Waals surface area contributed by atoms with Crippen molar-refractivity contribution in [3.63, 3.8) is 0 Å². The van der Waals surface area contributed by atoms with Crippen LogP contribution >= 0.6 is 0 Å².